The van der Waals surface area contributed by atoms with Crippen LogP contribution in [-0.2, 0) is 0 Å². The van der Waals surface area contributed by atoms with E-state index in [4.69, 9.17) is 5.73 Å². The molecule has 2 aromatic rings. The Hall–Kier alpha value is -1.84. The molecule has 94 valence electrons. The molecule has 0 aliphatic heterocycles. The van der Waals surface area contributed by atoms with E-state index in [0.717, 1.165) is 11.9 Å². The van der Waals surface area contributed by atoms with Crippen molar-refractivity contribution in [2.24, 2.45) is 5.92 Å². The highest BCUT2D eigenvalue weighted by Crippen LogP contribution is 2.35. The van der Waals surface area contributed by atoms with E-state index >= 15 is 0 Å². The molecule has 1 heterocycles. The lowest BCUT2D eigenvalue weighted by Gasteiger charge is -2.21. The van der Waals surface area contributed by atoms with E-state index in [1.165, 1.54) is 18.9 Å². The lowest BCUT2D eigenvalue weighted by Crippen LogP contribution is -2.21. The van der Waals surface area contributed by atoms with Crippen LogP contribution in [-0.4, -0.2) is 18.6 Å². The van der Waals surface area contributed by atoms with Crippen LogP contribution in [0.25, 0.3) is 10.9 Å². The first-order valence-corrected chi connectivity index (χ1v) is 6.20. The zero-order valence-electron chi connectivity index (χ0n) is 10.4. The monoisotopic (exact) mass is 245 g/mol. The van der Waals surface area contributed by atoms with Crippen molar-refractivity contribution in [2.75, 3.05) is 24.2 Å². The third-order valence-electron chi connectivity index (χ3n) is 3.46. The number of rotatable bonds is 3. The Kier molecular flexibility index (Phi) is 2.58. The summed E-state index contributed by atoms with van der Waals surface area (Å²) in [6.45, 7) is 0.881. The van der Waals surface area contributed by atoms with Crippen LogP contribution in [0.15, 0.2) is 24.4 Å². The summed E-state index contributed by atoms with van der Waals surface area (Å²) >= 11 is 0. The average molecular weight is 245 g/mol. The molecule has 1 aromatic heterocycles. The summed E-state index contributed by atoms with van der Waals surface area (Å²) < 4.78 is 14.1. The van der Waals surface area contributed by atoms with Crippen molar-refractivity contribution in [3.8, 4) is 0 Å². The Morgan fingerprint density at radius 1 is 1.50 bits per heavy atom. The van der Waals surface area contributed by atoms with E-state index in [2.05, 4.69) is 4.98 Å². The second-order valence-corrected chi connectivity index (χ2v) is 5.02. The van der Waals surface area contributed by atoms with Gasteiger partial charge in [-0.2, -0.15) is 0 Å². The minimum Gasteiger partial charge on any atom is -0.398 e. The molecular formula is C14H16FN3. The number of aromatic nitrogens is 1. The van der Waals surface area contributed by atoms with Crippen molar-refractivity contribution < 1.29 is 4.39 Å². The fourth-order valence-electron chi connectivity index (χ4n) is 2.36. The van der Waals surface area contributed by atoms with Gasteiger partial charge in [0.25, 0.3) is 0 Å². The van der Waals surface area contributed by atoms with Gasteiger partial charge in [-0.15, -0.1) is 0 Å². The van der Waals surface area contributed by atoms with Gasteiger partial charge in [0.05, 0.1) is 11.2 Å². The van der Waals surface area contributed by atoms with Crippen LogP contribution >= 0.6 is 0 Å². The Balaban J connectivity index is 2.13. The summed E-state index contributed by atoms with van der Waals surface area (Å²) in [5, 5.41) is 0.816. The first-order valence-electron chi connectivity index (χ1n) is 6.20. The molecule has 4 heteroatoms. The molecule has 0 atom stereocenters. The molecule has 0 radical (unpaired) electrons. The van der Waals surface area contributed by atoms with Crippen molar-refractivity contribution in [3.05, 3.63) is 30.2 Å². The number of nitrogens with two attached hydrogens (primary N) is 1. The maximum atomic E-state index is 14.1. The van der Waals surface area contributed by atoms with E-state index in [1.54, 1.807) is 6.20 Å². The number of benzene rings is 1. The van der Waals surface area contributed by atoms with Gasteiger partial charge in [-0.1, -0.05) is 0 Å². The largest absolute Gasteiger partial charge is 0.398 e. The standard InChI is InChI=1S/C14H16FN3/c1-18(8-9-4-5-9)14-11(15)7-12(16)10-3-2-6-17-13(10)14/h2-3,6-7,9H,4-5,8,16H2,1H3. The van der Waals surface area contributed by atoms with Crippen LogP contribution in [0.5, 0.6) is 0 Å². The Labute approximate surface area is 105 Å². The topological polar surface area (TPSA) is 42.1 Å². The summed E-state index contributed by atoms with van der Waals surface area (Å²) in [5.74, 6) is 0.410. The zero-order valence-corrected chi connectivity index (χ0v) is 10.4. The van der Waals surface area contributed by atoms with Crippen molar-refractivity contribution in [1.82, 2.24) is 4.98 Å². The molecule has 0 saturated heterocycles. The van der Waals surface area contributed by atoms with Gasteiger partial charge < -0.3 is 10.6 Å². The number of hydrogen-bond acceptors (Lipinski definition) is 3. The van der Waals surface area contributed by atoms with Crippen LogP contribution in [0.2, 0.25) is 0 Å². The van der Waals surface area contributed by atoms with Crippen molar-refractivity contribution >= 4 is 22.3 Å². The van der Waals surface area contributed by atoms with Gasteiger partial charge in [-0.05, 0) is 37.0 Å². The second kappa shape index (κ2) is 4.12. The van der Waals surface area contributed by atoms with Gasteiger partial charge >= 0.3 is 0 Å². The molecular weight excluding hydrogens is 229 g/mol. The second-order valence-electron chi connectivity index (χ2n) is 5.02. The molecule has 1 aliphatic carbocycles. The zero-order chi connectivity index (χ0) is 12.7. The summed E-state index contributed by atoms with van der Waals surface area (Å²) in [5.41, 5.74) is 7.50. The van der Waals surface area contributed by atoms with Gasteiger partial charge in [-0.3, -0.25) is 4.98 Å². The molecule has 2 N–H and O–H groups in total. The number of fused-ring (bicyclic) bond motifs is 1. The fraction of sp³-hybridized carbons (Fsp3) is 0.357. The van der Waals surface area contributed by atoms with Crippen molar-refractivity contribution in [1.29, 1.82) is 0 Å². The molecule has 3 rings (SSSR count). The van der Waals surface area contributed by atoms with Crippen LogP contribution in [0.3, 0.4) is 0 Å². The Morgan fingerprint density at radius 2 is 2.28 bits per heavy atom. The molecule has 1 fully saturated rings. The van der Waals surface area contributed by atoms with Gasteiger partial charge in [0.2, 0.25) is 0 Å². The maximum Gasteiger partial charge on any atom is 0.150 e. The lowest BCUT2D eigenvalue weighted by molar-refractivity contribution is 0.621. The smallest absolute Gasteiger partial charge is 0.150 e. The molecule has 18 heavy (non-hydrogen) atoms. The predicted octanol–water partition coefficient (Wildman–Crippen LogP) is 2.80. The number of hydrogen-bond donors (Lipinski definition) is 1. The van der Waals surface area contributed by atoms with E-state index in [1.807, 2.05) is 24.1 Å². The Morgan fingerprint density at radius 3 is 3.00 bits per heavy atom. The molecule has 0 spiro atoms. The SMILES string of the molecule is CN(CC1CC1)c1c(F)cc(N)c2cccnc12. The Bertz CT molecular complexity index is 593. The van der Waals surface area contributed by atoms with Crippen LogP contribution in [0.4, 0.5) is 15.8 Å². The normalized spacial score (nSPS) is 15.0. The molecule has 3 nitrogen and oxygen atoms in total. The first-order chi connectivity index (χ1) is 8.66. The molecule has 0 bridgehead atoms. The van der Waals surface area contributed by atoms with E-state index in [0.29, 0.717) is 22.8 Å². The van der Waals surface area contributed by atoms with E-state index < -0.39 is 0 Å². The highest BCUT2D eigenvalue weighted by atomic mass is 19.1. The quantitative estimate of drug-likeness (QED) is 0.845. The highest BCUT2D eigenvalue weighted by Gasteiger charge is 2.25. The highest BCUT2D eigenvalue weighted by molar-refractivity contribution is 5.98. The molecule has 0 amide bonds. The summed E-state index contributed by atoms with van der Waals surface area (Å²) in [7, 11) is 1.92. The van der Waals surface area contributed by atoms with Gasteiger partial charge in [0, 0.05) is 30.9 Å². The molecule has 1 aromatic carbocycles. The fourth-order valence-corrected chi connectivity index (χ4v) is 2.36. The van der Waals surface area contributed by atoms with Crippen molar-refractivity contribution in [3.63, 3.8) is 0 Å². The summed E-state index contributed by atoms with van der Waals surface area (Å²) in [6, 6.07) is 5.09. The molecule has 0 unspecified atom stereocenters. The first kappa shape index (κ1) is 11.3. The van der Waals surface area contributed by atoms with Crippen LogP contribution in [0, 0.1) is 11.7 Å². The van der Waals surface area contributed by atoms with E-state index in [-0.39, 0.29) is 5.82 Å². The number of pyridine rings is 1. The maximum absolute atomic E-state index is 14.1. The van der Waals surface area contributed by atoms with Gasteiger partial charge in [0.15, 0.2) is 5.82 Å². The molecule has 1 aliphatic rings. The van der Waals surface area contributed by atoms with Crippen molar-refractivity contribution in [2.45, 2.75) is 12.8 Å². The predicted molar refractivity (Wildman–Crippen MR) is 72.1 cm³/mol. The van der Waals surface area contributed by atoms with Crippen LogP contribution < -0.4 is 10.6 Å². The number of nitrogens with zero attached hydrogens (tertiary/aromatic N) is 2. The van der Waals surface area contributed by atoms with Gasteiger partial charge in [-0.25, -0.2) is 4.39 Å². The summed E-state index contributed by atoms with van der Waals surface area (Å²) in [4.78, 5) is 6.25. The number of nitrogen functional groups attached to an aromatic ring is 1. The van der Waals surface area contributed by atoms with Gasteiger partial charge in [0.1, 0.15) is 0 Å². The molecule has 1 saturated carbocycles. The third-order valence-corrected chi connectivity index (χ3v) is 3.46. The number of anilines is 2. The minimum absolute atomic E-state index is 0.290. The van der Waals surface area contributed by atoms with Crippen LogP contribution in [0.1, 0.15) is 12.8 Å². The third kappa shape index (κ3) is 1.88. The minimum atomic E-state index is -0.290. The summed E-state index contributed by atoms with van der Waals surface area (Å²) in [6.07, 6.45) is 4.16. The number of halogens is 1. The average Bonchev–Trinajstić information content (AvgIpc) is 3.13. The lowest BCUT2D eigenvalue weighted by atomic mass is 10.1. The van der Waals surface area contributed by atoms with E-state index in [9.17, 15) is 4.39 Å².